The quantitative estimate of drug-likeness (QED) is 0.472. The summed E-state index contributed by atoms with van der Waals surface area (Å²) in [6.07, 6.45) is -22.5. The highest BCUT2D eigenvalue weighted by molar-refractivity contribution is 4.88. The molecule has 0 saturated carbocycles. The Kier molecular flexibility index (Phi) is 9.24. The van der Waals surface area contributed by atoms with E-state index in [0.717, 1.165) is 0 Å². The van der Waals surface area contributed by atoms with E-state index >= 15 is 0 Å². The number of halogens is 16. The smallest absolute Gasteiger partial charge is 0.319 e. The summed E-state index contributed by atoms with van der Waals surface area (Å²) < 4.78 is 183. The molecular weight excluding hydrogens is 440 g/mol. The molecule has 17 heteroatoms. The first kappa shape index (κ1) is 28.1. The molecule has 0 spiro atoms. The minimum absolute atomic E-state index is 0.188. The van der Waals surface area contributed by atoms with E-state index in [4.69, 9.17) is 0 Å². The Bertz CT molecular complexity index is 401. The second kappa shape index (κ2) is 8.89. The highest BCUT2D eigenvalue weighted by Gasteiger charge is 2.68. The Morgan fingerprint density at radius 1 is 0.741 bits per heavy atom. The lowest BCUT2D eigenvalue weighted by Gasteiger charge is -2.36. The maximum atomic E-state index is 11.8. The van der Waals surface area contributed by atoms with Crippen molar-refractivity contribution in [3.63, 3.8) is 0 Å². The van der Waals surface area contributed by atoms with Crippen LogP contribution < -0.4 is 0 Å². The zero-order valence-corrected chi connectivity index (χ0v) is 12.4. The molecule has 27 heavy (non-hydrogen) atoms. The number of alkyl halides is 16. The van der Waals surface area contributed by atoms with Crippen LogP contribution in [0.2, 0.25) is 0 Å². The topological polar surface area (TPSA) is 9.23 Å². The van der Waals surface area contributed by atoms with Crippen molar-refractivity contribution in [3.05, 3.63) is 0 Å². The molecule has 1 rings (SSSR count). The predicted octanol–water partition coefficient (Wildman–Crippen LogP) is 6.14. The summed E-state index contributed by atoms with van der Waals surface area (Å²) in [6.45, 7) is -0.747. The van der Waals surface area contributed by atoms with Crippen molar-refractivity contribution in [1.29, 1.82) is 0 Å². The van der Waals surface area contributed by atoms with Gasteiger partial charge in [0.25, 0.3) is 0 Å². The molecule has 0 amide bonds. The van der Waals surface area contributed by atoms with Crippen LogP contribution in [0.1, 0.15) is 6.92 Å². The summed E-state index contributed by atoms with van der Waals surface area (Å²) >= 11 is 0. The van der Waals surface area contributed by atoms with Gasteiger partial charge in [0.05, 0.1) is 6.61 Å². The highest BCUT2D eigenvalue weighted by Crippen LogP contribution is 2.46. The van der Waals surface area contributed by atoms with Crippen molar-refractivity contribution < 1.29 is 75.0 Å². The molecule has 166 valence electrons. The molecule has 0 radical (unpaired) electrons. The lowest BCUT2D eigenvalue weighted by atomic mass is 10.1. The minimum Gasteiger partial charge on any atom is -0.319 e. The van der Waals surface area contributed by atoms with Gasteiger partial charge in [0.15, 0.2) is 5.92 Å². The third-order valence-corrected chi connectivity index (χ3v) is 2.24. The van der Waals surface area contributed by atoms with E-state index in [0.29, 0.717) is 0 Å². The molecular formula is C10H8F16O. The molecule has 0 N–H and O–H groups in total. The Hall–Kier alpha value is -1.16. The second-order valence-corrected chi connectivity index (χ2v) is 4.60. The van der Waals surface area contributed by atoms with Gasteiger partial charge in [-0.05, 0) is 0 Å². The third-order valence-electron chi connectivity index (χ3n) is 2.24. The second-order valence-electron chi connectivity index (χ2n) is 4.60. The van der Waals surface area contributed by atoms with Gasteiger partial charge in [0.2, 0.25) is 0 Å². The first-order valence-corrected chi connectivity index (χ1v) is 5.95. The van der Waals surface area contributed by atoms with E-state index in [1.165, 1.54) is 0 Å². The van der Waals surface area contributed by atoms with Gasteiger partial charge in [-0.15, -0.1) is 0 Å². The number of hydrogen-bond donors (Lipinski definition) is 0. The van der Waals surface area contributed by atoms with Crippen LogP contribution in [0.4, 0.5) is 70.2 Å². The van der Waals surface area contributed by atoms with Gasteiger partial charge < -0.3 is 4.74 Å². The molecule has 1 unspecified atom stereocenters. The van der Waals surface area contributed by atoms with Crippen LogP contribution in [0.15, 0.2) is 0 Å². The van der Waals surface area contributed by atoms with Crippen molar-refractivity contribution in [2.24, 2.45) is 5.92 Å². The molecule has 1 nitrogen and oxygen atoms in total. The molecule has 0 aromatic heterocycles. The fraction of sp³-hybridized carbons (Fsp3) is 1.00. The van der Waals surface area contributed by atoms with Crippen LogP contribution in [0.5, 0.6) is 0 Å². The normalized spacial score (nSPS) is 20.3. The maximum Gasteiger partial charge on any atom is 0.402 e. The lowest BCUT2D eigenvalue weighted by molar-refractivity contribution is -0.416. The molecule has 1 heterocycles. The van der Waals surface area contributed by atoms with Gasteiger partial charge >= 0.3 is 43.2 Å². The predicted molar refractivity (Wildman–Crippen MR) is 54.1 cm³/mol. The van der Waals surface area contributed by atoms with Gasteiger partial charge in [-0.3, -0.25) is 0 Å². The van der Waals surface area contributed by atoms with Crippen molar-refractivity contribution in [2.75, 3.05) is 6.61 Å². The monoisotopic (exact) mass is 448 g/mol. The van der Waals surface area contributed by atoms with E-state index in [-0.39, 0.29) is 6.92 Å². The molecule has 0 aromatic carbocycles. The summed E-state index contributed by atoms with van der Waals surface area (Å²) in [5.41, 5.74) is 0. The first-order valence-electron chi connectivity index (χ1n) is 5.95. The Balaban J connectivity index is 0. The van der Waals surface area contributed by atoms with Gasteiger partial charge in [-0.25, -0.2) is 17.6 Å². The lowest BCUT2D eigenvalue weighted by Crippen LogP contribution is -2.53. The van der Waals surface area contributed by atoms with E-state index in [9.17, 15) is 70.2 Å². The molecule has 1 atom stereocenters. The SMILES string of the molecule is CC(F)(F)F.FC(F)(F)C1COC1(F)F.FC(F)C(F)(F)C(F)(F)C(F)F. The summed E-state index contributed by atoms with van der Waals surface area (Å²) in [5.74, 6) is -14.6. The fourth-order valence-corrected chi connectivity index (χ4v) is 0.869. The molecule has 0 bridgehead atoms. The third kappa shape index (κ3) is 9.05. The summed E-state index contributed by atoms with van der Waals surface area (Å²) in [6, 6.07) is 0. The standard InChI is InChI=1S/C4H2F8.C4H3F5O.C2H3F3/c5-1(6)3(9,10)4(11,12)2(7)8;5-3(6,7)2-1-10-4(2,8)9;1-2(3,4)5/h1-2H;2H,1H2;1H3. The van der Waals surface area contributed by atoms with Gasteiger partial charge in [-0.1, -0.05) is 0 Å². The largest absolute Gasteiger partial charge is 0.402 e. The zero-order valence-electron chi connectivity index (χ0n) is 12.4. The number of rotatable bonds is 3. The molecule has 1 aliphatic heterocycles. The maximum absolute atomic E-state index is 11.8. The van der Waals surface area contributed by atoms with Crippen molar-refractivity contribution >= 4 is 0 Å². The van der Waals surface area contributed by atoms with Gasteiger partial charge in [0.1, 0.15) is 0 Å². The van der Waals surface area contributed by atoms with E-state index in [1.54, 1.807) is 0 Å². The van der Waals surface area contributed by atoms with E-state index in [2.05, 4.69) is 4.74 Å². The summed E-state index contributed by atoms with van der Waals surface area (Å²) in [4.78, 5) is 0. The average molecular weight is 448 g/mol. The summed E-state index contributed by atoms with van der Waals surface area (Å²) in [7, 11) is 0. The van der Waals surface area contributed by atoms with E-state index in [1.807, 2.05) is 0 Å². The fourth-order valence-electron chi connectivity index (χ4n) is 0.869. The van der Waals surface area contributed by atoms with Gasteiger partial charge in [0, 0.05) is 6.92 Å². The van der Waals surface area contributed by atoms with Crippen LogP contribution in [-0.4, -0.2) is 49.8 Å². The zero-order chi connectivity index (χ0) is 22.6. The number of hydrogen-bond acceptors (Lipinski definition) is 1. The first-order chi connectivity index (χ1) is 11.5. The average Bonchev–Trinajstić information content (AvgIpc) is 2.33. The van der Waals surface area contributed by atoms with Crippen LogP contribution in [0.25, 0.3) is 0 Å². The molecule has 1 fully saturated rings. The van der Waals surface area contributed by atoms with E-state index < -0.39 is 55.7 Å². The van der Waals surface area contributed by atoms with Crippen LogP contribution >= 0.6 is 0 Å². The van der Waals surface area contributed by atoms with Crippen molar-refractivity contribution in [2.45, 2.75) is 50.1 Å². The molecule has 1 saturated heterocycles. The number of ether oxygens (including phenoxy) is 1. The molecule has 0 aliphatic carbocycles. The molecule has 0 aromatic rings. The highest BCUT2D eigenvalue weighted by atomic mass is 19.4. The van der Waals surface area contributed by atoms with Gasteiger partial charge in [-0.2, -0.15) is 52.7 Å². The van der Waals surface area contributed by atoms with Crippen molar-refractivity contribution in [1.82, 2.24) is 0 Å². The Morgan fingerprint density at radius 2 is 1.00 bits per heavy atom. The minimum atomic E-state index is -6.00. The van der Waals surface area contributed by atoms with Crippen LogP contribution in [-0.2, 0) is 4.74 Å². The van der Waals surface area contributed by atoms with Crippen LogP contribution in [0, 0.1) is 5.92 Å². The van der Waals surface area contributed by atoms with Crippen molar-refractivity contribution in [3.8, 4) is 0 Å². The molecule has 1 aliphatic rings. The summed E-state index contributed by atoms with van der Waals surface area (Å²) in [5, 5.41) is 0. The Morgan fingerprint density at radius 3 is 1.04 bits per heavy atom. The van der Waals surface area contributed by atoms with Crippen LogP contribution in [0.3, 0.4) is 0 Å². The Labute approximate surface area is 139 Å².